The van der Waals surface area contributed by atoms with Gasteiger partial charge in [0.2, 0.25) is 5.91 Å². The lowest BCUT2D eigenvalue weighted by Gasteiger charge is -2.24. The number of carbonyl (C=O) groups excluding carboxylic acids is 2. The van der Waals surface area contributed by atoms with E-state index in [1.165, 1.54) is 6.07 Å². The van der Waals surface area contributed by atoms with Crippen LogP contribution in [0.5, 0.6) is 0 Å². The summed E-state index contributed by atoms with van der Waals surface area (Å²) >= 11 is 0. The van der Waals surface area contributed by atoms with Crippen LogP contribution in [0.4, 0.5) is 10.1 Å². The predicted octanol–water partition coefficient (Wildman–Crippen LogP) is 3.61. The molecular formula is C21H23FN2O3. The molecule has 1 atom stereocenters. The number of ether oxygens (including phenoxy) is 1. The lowest BCUT2D eigenvalue weighted by molar-refractivity contribution is -0.120. The van der Waals surface area contributed by atoms with Crippen molar-refractivity contribution in [1.29, 1.82) is 0 Å². The molecule has 1 saturated heterocycles. The summed E-state index contributed by atoms with van der Waals surface area (Å²) in [4.78, 5) is 26.9. The van der Waals surface area contributed by atoms with Gasteiger partial charge in [-0.1, -0.05) is 30.3 Å². The summed E-state index contributed by atoms with van der Waals surface area (Å²) in [6, 6.07) is 13.0. The minimum Gasteiger partial charge on any atom is -0.462 e. The molecule has 142 valence electrons. The first-order valence-electron chi connectivity index (χ1n) is 9.14. The topological polar surface area (TPSA) is 58.6 Å². The highest BCUT2D eigenvalue weighted by Gasteiger charge is 2.31. The van der Waals surface area contributed by atoms with E-state index >= 15 is 0 Å². The van der Waals surface area contributed by atoms with Crippen molar-refractivity contribution in [3.63, 3.8) is 0 Å². The van der Waals surface area contributed by atoms with Gasteiger partial charge in [-0.2, -0.15) is 0 Å². The molecule has 0 aromatic heterocycles. The van der Waals surface area contributed by atoms with Crippen LogP contribution in [0.25, 0.3) is 0 Å². The van der Waals surface area contributed by atoms with E-state index in [-0.39, 0.29) is 24.4 Å². The Morgan fingerprint density at radius 2 is 1.93 bits per heavy atom. The number of benzene rings is 2. The minimum absolute atomic E-state index is 0.194. The van der Waals surface area contributed by atoms with Crippen molar-refractivity contribution in [2.75, 3.05) is 18.5 Å². The molecule has 2 aromatic carbocycles. The number of para-hydroxylation sites is 1. The molecule has 2 aromatic rings. The number of esters is 1. The highest BCUT2D eigenvalue weighted by molar-refractivity contribution is 6.02. The molecule has 0 bridgehead atoms. The second-order valence-electron chi connectivity index (χ2n) is 6.48. The highest BCUT2D eigenvalue weighted by atomic mass is 19.1. The van der Waals surface area contributed by atoms with Crippen LogP contribution in [0.3, 0.4) is 0 Å². The smallest absolute Gasteiger partial charge is 0.340 e. The van der Waals surface area contributed by atoms with Crippen molar-refractivity contribution >= 4 is 17.6 Å². The zero-order valence-electron chi connectivity index (χ0n) is 15.3. The SMILES string of the molecule is CCOC(=O)c1ccccc1NC(=O)C1CCCN1Cc1ccccc1F. The Balaban J connectivity index is 1.72. The molecule has 27 heavy (non-hydrogen) atoms. The number of amides is 1. The Labute approximate surface area is 158 Å². The monoisotopic (exact) mass is 370 g/mol. The third kappa shape index (κ3) is 4.52. The number of nitrogens with one attached hydrogen (secondary N) is 1. The summed E-state index contributed by atoms with van der Waals surface area (Å²) in [6.45, 7) is 3.11. The number of hydrogen-bond donors (Lipinski definition) is 1. The Morgan fingerprint density at radius 1 is 1.19 bits per heavy atom. The Bertz CT molecular complexity index is 825. The molecule has 1 amide bonds. The third-order valence-corrected chi connectivity index (χ3v) is 4.68. The number of rotatable bonds is 6. The maximum absolute atomic E-state index is 14.0. The summed E-state index contributed by atoms with van der Waals surface area (Å²) in [7, 11) is 0. The fourth-order valence-electron chi connectivity index (χ4n) is 3.35. The van der Waals surface area contributed by atoms with Gasteiger partial charge in [0.05, 0.1) is 23.9 Å². The number of nitrogens with zero attached hydrogens (tertiary/aromatic N) is 1. The van der Waals surface area contributed by atoms with Crippen LogP contribution in [-0.2, 0) is 16.1 Å². The van der Waals surface area contributed by atoms with Crippen LogP contribution >= 0.6 is 0 Å². The Morgan fingerprint density at radius 3 is 2.70 bits per heavy atom. The third-order valence-electron chi connectivity index (χ3n) is 4.68. The van der Waals surface area contributed by atoms with Crippen molar-refractivity contribution in [2.45, 2.75) is 32.4 Å². The Kier molecular flexibility index (Phi) is 6.19. The largest absolute Gasteiger partial charge is 0.462 e. The van der Waals surface area contributed by atoms with Gasteiger partial charge >= 0.3 is 5.97 Å². The molecule has 1 aliphatic rings. The second kappa shape index (κ2) is 8.77. The fourth-order valence-corrected chi connectivity index (χ4v) is 3.35. The lowest BCUT2D eigenvalue weighted by atomic mass is 10.1. The summed E-state index contributed by atoms with van der Waals surface area (Å²) in [5.74, 6) is -0.931. The number of likely N-dealkylation sites (tertiary alicyclic amines) is 1. The predicted molar refractivity (Wildman–Crippen MR) is 101 cm³/mol. The summed E-state index contributed by atoms with van der Waals surface area (Å²) in [5.41, 5.74) is 1.33. The van der Waals surface area contributed by atoms with Gasteiger partial charge in [-0.25, -0.2) is 9.18 Å². The molecule has 3 rings (SSSR count). The van der Waals surface area contributed by atoms with Gasteiger partial charge < -0.3 is 10.1 Å². The van der Waals surface area contributed by atoms with Crippen LogP contribution in [0.2, 0.25) is 0 Å². The maximum Gasteiger partial charge on any atom is 0.340 e. The molecule has 1 heterocycles. The van der Waals surface area contributed by atoms with E-state index in [2.05, 4.69) is 5.32 Å². The van der Waals surface area contributed by atoms with Gasteiger partial charge in [-0.3, -0.25) is 9.69 Å². The first-order valence-corrected chi connectivity index (χ1v) is 9.14. The van der Waals surface area contributed by atoms with Gasteiger partial charge in [0.15, 0.2) is 0 Å². The van der Waals surface area contributed by atoms with E-state index < -0.39 is 5.97 Å². The number of carbonyl (C=O) groups is 2. The quantitative estimate of drug-likeness (QED) is 0.790. The first kappa shape index (κ1) is 19.0. The average Bonchev–Trinajstić information content (AvgIpc) is 3.12. The molecule has 0 radical (unpaired) electrons. The van der Waals surface area contributed by atoms with E-state index in [0.717, 1.165) is 13.0 Å². The lowest BCUT2D eigenvalue weighted by Crippen LogP contribution is -2.39. The molecular weight excluding hydrogens is 347 g/mol. The molecule has 0 spiro atoms. The first-order chi connectivity index (χ1) is 13.1. The molecule has 1 fully saturated rings. The van der Waals surface area contributed by atoms with Crippen molar-refractivity contribution in [2.24, 2.45) is 0 Å². The van der Waals surface area contributed by atoms with Gasteiger partial charge in [0.25, 0.3) is 0 Å². The molecule has 1 unspecified atom stereocenters. The molecule has 5 nitrogen and oxygen atoms in total. The molecule has 1 aliphatic heterocycles. The summed E-state index contributed by atoms with van der Waals surface area (Å²) in [5, 5.41) is 2.85. The second-order valence-corrected chi connectivity index (χ2v) is 6.48. The highest BCUT2D eigenvalue weighted by Crippen LogP contribution is 2.24. The van der Waals surface area contributed by atoms with Gasteiger partial charge in [0.1, 0.15) is 5.82 Å². The van der Waals surface area contributed by atoms with E-state index in [9.17, 15) is 14.0 Å². The van der Waals surface area contributed by atoms with Crippen molar-refractivity contribution in [3.8, 4) is 0 Å². The van der Waals surface area contributed by atoms with Gasteiger partial charge in [0, 0.05) is 12.1 Å². The van der Waals surface area contributed by atoms with Crippen LogP contribution in [0.1, 0.15) is 35.7 Å². The molecule has 0 aliphatic carbocycles. The van der Waals surface area contributed by atoms with Crippen LogP contribution in [-0.4, -0.2) is 36.0 Å². The Hall–Kier alpha value is -2.73. The van der Waals surface area contributed by atoms with E-state index in [1.807, 2.05) is 4.90 Å². The number of hydrogen-bond acceptors (Lipinski definition) is 4. The number of anilines is 1. The van der Waals surface area contributed by atoms with Gasteiger partial charge in [-0.15, -0.1) is 0 Å². The average molecular weight is 370 g/mol. The van der Waals surface area contributed by atoms with E-state index in [0.29, 0.717) is 29.8 Å². The zero-order chi connectivity index (χ0) is 19.2. The molecule has 1 N–H and O–H groups in total. The van der Waals surface area contributed by atoms with Crippen LogP contribution in [0, 0.1) is 5.82 Å². The maximum atomic E-state index is 14.0. The van der Waals surface area contributed by atoms with Crippen LogP contribution < -0.4 is 5.32 Å². The van der Waals surface area contributed by atoms with Gasteiger partial charge in [-0.05, 0) is 44.5 Å². The van der Waals surface area contributed by atoms with Crippen molar-refractivity contribution < 1.29 is 18.7 Å². The normalized spacial score (nSPS) is 16.9. The summed E-state index contributed by atoms with van der Waals surface area (Å²) in [6.07, 6.45) is 1.56. The van der Waals surface area contributed by atoms with Crippen LogP contribution in [0.15, 0.2) is 48.5 Å². The van der Waals surface area contributed by atoms with E-state index in [1.54, 1.807) is 49.4 Å². The standard InChI is InChI=1S/C21H23FN2O3/c1-2-27-21(26)16-9-4-6-11-18(16)23-20(25)19-12-7-13-24(19)14-15-8-3-5-10-17(15)22/h3-6,8-11,19H,2,7,12-14H2,1H3,(H,23,25). The fraction of sp³-hybridized carbons (Fsp3) is 0.333. The van der Waals surface area contributed by atoms with E-state index in [4.69, 9.17) is 4.74 Å². The molecule has 0 saturated carbocycles. The number of halogens is 1. The minimum atomic E-state index is -0.469. The zero-order valence-corrected chi connectivity index (χ0v) is 15.3. The summed E-state index contributed by atoms with van der Waals surface area (Å²) < 4.78 is 19.0. The van der Waals surface area contributed by atoms with Crippen molar-refractivity contribution in [3.05, 3.63) is 65.5 Å². The van der Waals surface area contributed by atoms with Crippen molar-refractivity contribution in [1.82, 2.24) is 4.90 Å². The molecule has 6 heteroatoms.